The van der Waals surface area contributed by atoms with Gasteiger partial charge < -0.3 is 4.42 Å². The molecule has 0 aliphatic heterocycles. The van der Waals surface area contributed by atoms with E-state index in [1.165, 1.54) is 11.2 Å². The van der Waals surface area contributed by atoms with Gasteiger partial charge in [0.25, 0.3) is 0 Å². The average Bonchev–Trinajstić information content (AvgIpc) is 2.71. The first kappa shape index (κ1) is 11.0. The van der Waals surface area contributed by atoms with Crippen LogP contribution in [0.1, 0.15) is 10.6 Å². The molecule has 0 fully saturated rings. The Morgan fingerprint density at radius 1 is 1.40 bits per heavy atom. The molecule has 0 aliphatic carbocycles. The Labute approximate surface area is 87.1 Å². The van der Waals surface area contributed by atoms with Crippen molar-refractivity contribution in [1.29, 1.82) is 10.5 Å². The van der Waals surface area contributed by atoms with Crippen LogP contribution in [0.5, 0.6) is 0 Å². The number of nitrogens with zero attached hydrogens (tertiary/aromatic N) is 3. The van der Waals surface area contributed by atoms with E-state index in [1.807, 2.05) is 12.1 Å². The number of nitriles is 2. The molecule has 76 valence electrons. The van der Waals surface area contributed by atoms with E-state index in [9.17, 15) is 4.79 Å². The number of hydrogen-bond donors (Lipinski definition) is 0. The standard InChI is InChI=1S/C10H9N3O2/c11-3-5-13(6-4-12)8-9(14)10-2-1-7-15-10/h1-2,7H,5-6,8H2. The van der Waals surface area contributed by atoms with Crippen molar-refractivity contribution >= 4 is 5.78 Å². The van der Waals surface area contributed by atoms with Crippen molar-refractivity contribution in [3.05, 3.63) is 24.2 Å². The largest absolute Gasteiger partial charge is 0.461 e. The predicted molar refractivity (Wildman–Crippen MR) is 50.7 cm³/mol. The SMILES string of the molecule is N#CCN(CC#N)CC(=O)c1ccco1. The fourth-order valence-electron chi connectivity index (χ4n) is 1.09. The van der Waals surface area contributed by atoms with Gasteiger partial charge in [0, 0.05) is 0 Å². The number of carbonyl (C=O) groups excluding carboxylic acids is 1. The summed E-state index contributed by atoms with van der Waals surface area (Å²) in [6, 6.07) is 6.96. The smallest absolute Gasteiger partial charge is 0.211 e. The van der Waals surface area contributed by atoms with E-state index in [0.29, 0.717) is 0 Å². The summed E-state index contributed by atoms with van der Waals surface area (Å²) in [4.78, 5) is 13.0. The second-order valence-corrected chi connectivity index (χ2v) is 2.86. The minimum Gasteiger partial charge on any atom is -0.461 e. The molecular formula is C10H9N3O2. The zero-order valence-corrected chi connectivity index (χ0v) is 8.01. The van der Waals surface area contributed by atoms with E-state index in [4.69, 9.17) is 14.9 Å². The normalized spacial score (nSPS) is 9.53. The zero-order chi connectivity index (χ0) is 11.1. The van der Waals surface area contributed by atoms with Gasteiger partial charge in [-0.05, 0) is 12.1 Å². The lowest BCUT2D eigenvalue weighted by Gasteiger charge is -2.12. The van der Waals surface area contributed by atoms with Gasteiger partial charge in [-0.3, -0.25) is 9.69 Å². The van der Waals surface area contributed by atoms with Crippen LogP contribution in [0.2, 0.25) is 0 Å². The van der Waals surface area contributed by atoms with Crippen molar-refractivity contribution in [2.75, 3.05) is 19.6 Å². The molecule has 1 aromatic rings. The van der Waals surface area contributed by atoms with Crippen LogP contribution in [0.15, 0.2) is 22.8 Å². The zero-order valence-electron chi connectivity index (χ0n) is 8.01. The monoisotopic (exact) mass is 203 g/mol. The Bertz CT molecular complexity index is 381. The maximum absolute atomic E-state index is 11.5. The van der Waals surface area contributed by atoms with Crippen LogP contribution in [-0.2, 0) is 0 Å². The van der Waals surface area contributed by atoms with Crippen molar-refractivity contribution in [2.45, 2.75) is 0 Å². The van der Waals surface area contributed by atoms with Crippen LogP contribution in [0.3, 0.4) is 0 Å². The van der Waals surface area contributed by atoms with Gasteiger partial charge >= 0.3 is 0 Å². The average molecular weight is 203 g/mol. The summed E-state index contributed by atoms with van der Waals surface area (Å²) in [5.41, 5.74) is 0. The number of Topliss-reactive ketones (excluding diaryl/α,β-unsaturated/α-hetero) is 1. The van der Waals surface area contributed by atoms with Crippen LogP contribution in [-0.4, -0.2) is 30.3 Å². The first-order chi connectivity index (χ1) is 7.27. The molecule has 1 aromatic heterocycles. The molecule has 0 atom stereocenters. The number of ketones is 1. The summed E-state index contributed by atoms with van der Waals surface area (Å²) in [6.45, 7) is 0.134. The molecule has 1 rings (SSSR count). The molecule has 5 nitrogen and oxygen atoms in total. The first-order valence-electron chi connectivity index (χ1n) is 4.31. The van der Waals surface area contributed by atoms with Crippen molar-refractivity contribution in [1.82, 2.24) is 4.90 Å². The molecule has 0 aliphatic rings. The minimum absolute atomic E-state index is 0.0225. The third-order valence-corrected chi connectivity index (χ3v) is 1.75. The highest BCUT2D eigenvalue weighted by Gasteiger charge is 2.13. The third kappa shape index (κ3) is 3.26. The molecule has 15 heavy (non-hydrogen) atoms. The Balaban J connectivity index is 2.56. The molecule has 5 heteroatoms. The number of hydrogen-bond acceptors (Lipinski definition) is 5. The molecule has 0 aromatic carbocycles. The third-order valence-electron chi connectivity index (χ3n) is 1.75. The lowest BCUT2D eigenvalue weighted by Crippen LogP contribution is -2.30. The highest BCUT2D eigenvalue weighted by Crippen LogP contribution is 2.02. The van der Waals surface area contributed by atoms with Crippen LogP contribution in [0, 0.1) is 22.7 Å². The summed E-state index contributed by atoms with van der Waals surface area (Å²) in [5, 5.41) is 16.9. The summed E-state index contributed by atoms with van der Waals surface area (Å²) in [5.74, 6) is 0.0152. The van der Waals surface area contributed by atoms with E-state index in [0.717, 1.165) is 0 Å². The van der Waals surface area contributed by atoms with Crippen molar-refractivity contribution < 1.29 is 9.21 Å². The summed E-state index contributed by atoms with van der Waals surface area (Å²) in [6.07, 6.45) is 1.41. The lowest BCUT2D eigenvalue weighted by molar-refractivity contribution is 0.0919. The van der Waals surface area contributed by atoms with Crippen molar-refractivity contribution in [3.63, 3.8) is 0 Å². The Hall–Kier alpha value is -2.11. The van der Waals surface area contributed by atoms with Crippen LogP contribution in [0.4, 0.5) is 0 Å². The van der Waals surface area contributed by atoms with E-state index in [2.05, 4.69) is 0 Å². The first-order valence-corrected chi connectivity index (χ1v) is 4.31. The summed E-state index contributed by atoms with van der Waals surface area (Å²) >= 11 is 0. The second kappa shape index (κ2) is 5.58. The molecule has 1 heterocycles. The van der Waals surface area contributed by atoms with Gasteiger partial charge in [-0.1, -0.05) is 0 Å². The van der Waals surface area contributed by atoms with E-state index < -0.39 is 0 Å². The second-order valence-electron chi connectivity index (χ2n) is 2.86. The molecule has 0 amide bonds. The Morgan fingerprint density at radius 3 is 2.53 bits per heavy atom. The van der Waals surface area contributed by atoms with E-state index >= 15 is 0 Å². The quantitative estimate of drug-likeness (QED) is 0.522. The van der Waals surface area contributed by atoms with Crippen LogP contribution in [0.25, 0.3) is 0 Å². The fourth-order valence-corrected chi connectivity index (χ4v) is 1.09. The maximum atomic E-state index is 11.5. The Kier molecular flexibility index (Phi) is 4.08. The molecular weight excluding hydrogens is 194 g/mol. The van der Waals surface area contributed by atoms with Gasteiger partial charge in [-0.15, -0.1) is 0 Å². The number of furan rings is 1. The predicted octanol–water partition coefficient (Wildman–Crippen LogP) is 0.811. The summed E-state index contributed by atoms with van der Waals surface area (Å²) < 4.78 is 4.91. The van der Waals surface area contributed by atoms with Crippen molar-refractivity contribution in [3.8, 4) is 12.1 Å². The molecule has 0 unspecified atom stereocenters. The summed E-state index contributed by atoms with van der Waals surface area (Å²) in [7, 11) is 0. The van der Waals surface area contributed by atoms with E-state index in [1.54, 1.807) is 12.1 Å². The molecule has 0 saturated heterocycles. The Morgan fingerprint density at radius 2 is 2.07 bits per heavy atom. The topological polar surface area (TPSA) is 81.0 Å². The van der Waals surface area contributed by atoms with Crippen LogP contribution < -0.4 is 0 Å². The molecule has 0 saturated carbocycles. The van der Waals surface area contributed by atoms with Gasteiger partial charge in [0.2, 0.25) is 5.78 Å². The van der Waals surface area contributed by atoms with Gasteiger partial charge in [0.05, 0.1) is 38.0 Å². The molecule has 0 radical (unpaired) electrons. The van der Waals surface area contributed by atoms with Gasteiger partial charge in [0.1, 0.15) is 0 Å². The molecule has 0 bridgehead atoms. The highest BCUT2D eigenvalue weighted by molar-refractivity contribution is 5.95. The fraction of sp³-hybridized carbons (Fsp3) is 0.300. The lowest BCUT2D eigenvalue weighted by atomic mass is 10.3. The minimum atomic E-state index is -0.231. The van der Waals surface area contributed by atoms with Crippen molar-refractivity contribution in [2.24, 2.45) is 0 Å². The highest BCUT2D eigenvalue weighted by atomic mass is 16.3. The number of carbonyl (C=O) groups is 1. The maximum Gasteiger partial charge on any atom is 0.211 e. The molecule has 0 spiro atoms. The van der Waals surface area contributed by atoms with Gasteiger partial charge in [-0.2, -0.15) is 10.5 Å². The molecule has 0 N–H and O–H groups in total. The van der Waals surface area contributed by atoms with Gasteiger partial charge in [-0.25, -0.2) is 0 Å². The van der Waals surface area contributed by atoms with Crippen LogP contribution >= 0.6 is 0 Å². The number of rotatable bonds is 5. The van der Waals surface area contributed by atoms with Gasteiger partial charge in [0.15, 0.2) is 5.76 Å². The van der Waals surface area contributed by atoms with E-state index in [-0.39, 0.29) is 31.2 Å².